The van der Waals surface area contributed by atoms with E-state index in [9.17, 15) is 9.59 Å². The number of hydrogen-bond donors (Lipinski definition) is 3. The Morgan fingerprint density at radius 2 is 1.96 bits per heavy atom. The van der Waals surface area contributed by atoms with Crippen LogP contribution in [-0.2, 0) is 9.59 Å². The highest BCUT2D eigenvalue weighted by molar-refractivity contribution is 5.82. The lowest BCUT2D eigenvalue weighted by atomic mass is 10.0. The highest BCUT2D eigenvalue weighted by atomic mass is 16.4. The van der Waals surface area contributed by atoms with Crippen molar-refractivity contribution in [2.24, 2.45) is 5.92 Å². The molecule has 0 aliphatic carbocycles. The van der Waals surface area contributed by atoms with Gasteiger partial charge >= 0.3 is 5.97 Å². The van der Waals surface area contributed by atoms with Crippen LogP contribution in [0.15, 0.2) is 30.3 Å². The van der Waals surface area contributed by atoms with E-state index in [0.717, 1.165) is 5.56 Å². The second-order valence-corrected chi connectivity index (χ2v) is 6.36. The molecule has 0 bridgehead atoms. The van der Waals surface area contributed by atoms with Crippen molar-refractivity contribution in [3.63, 3.8) is 0 Å². The topological polar surface area (TPSA) is 81.7 Å². The third-order valence-corrected chi connectivity index (χ3v) is 3.90. The second-order valence-electron chi connectivity index (χ2n) is 6.36. The van der Waals surface area contributed by atoms with Crippen LogP contribution < -0.4 is 10.9 Å². The number of carbonyl (C=O) groups is 2. The Morgan fingerprint density at radius 3 is 2.57 bits per heavy atom. The first-order valence-corrected chi connectivity index (χ1v) is 8.04. The van der Waals surface area contributed by atoms with Crippen molar-refractivity contribution in [1.82, 2.24) is 15.8 Å². The number of rotatable bonds is 7. The molecule has 0 saturated carbocycles. The maximum absolute atomic E-state index is 12.7. The van der Waals surface area contributed by atoms with E-state index in [0.29, 0.717) is 18.9 Å². The van der Waals surface area contributed by atoms with Crippen molar-refractivity contribution in [2.45, 2.75) is 38.8 Å². The number of hydrazine groups is 1. The lowest BCUT2D eigenvalue weighted by molar-refractivity contribution is -0.139. The van der Waals surface area contributed by atoms with Crippen LogP contribution in [-0.4, -0.2) is 41.0 Å². The SMILES string of the molecule is CC(C)CN(CCC(=O)O)C(=O)C1CC(c2ccccc2)NN1. The molecule has 1 amide bonds. The number of aliphatic carboxylic acids is 1. The predicted octanol–water partition coefficient (Wildman–Crippen LogP) is 1.55. The molecule has 0 spiro atoms. The van der Waals surface area contributed by atoms with Crippen molar-refractivity contribution in [3.05, 3.63) is 35.9 Å². The van der Waals surface area contributed by atoms with E-state index in [1.165, 1.54) is 0 Å². The Bertz CT molecular complexity index is 533. The van der Waals surface area contributed by atoms with Crippen molar-refractivity contribution in [2.75, 3.05) is 13.1 Å². The summed E-state index contributed by atoms with van der Waals surface area (Å²) in [5.41, 5.74) is 7.36. The molecule has 1 aromatic rings. The number of benzene rings is 1. The summed E-state index contributed by atoms with van der Waals surface area (Å²) >= 11 is 0. The fourth-order valence-corrected chi connectivity index (χ4v) is 2.81. The van der Waals surface area contributed by atoms with Crippen molar-refractivity contribution >= 4 is 11.9 Å². The van der Waals surface area contributed by atoms with E-state index >= 15 is 0 Å². The minimum atomic E-state index is -0.883. The van der Waals surface area contributed by atoms with Gasteiger partial charge in [-0.2, -0.15) is 0 Å². The van der Waals surface area contributed by atoms with Gasteiger partial charge in [0.25, 0.3) is 0 Å². The van der Waals surface area contributed by atoms with Crippen LogP contribution in [0.1, 0.15) is 38.3 Å². The fourth-order valence-electron chi connectivity index (χ4n) is 2.81. The maximum Gasteiger partial charge on any atom is 0.305 e. The zero-order chi connectivity index (χ0) is 16.8. The number of nitrogens with one attached hydrogen (secondary N) is 2. The van der Waals surface area contributed by atoms with E-state index in [4.69, 9.17) is 5.11 Å². The third-order valence-electron chi connectivity index (χ3n) is 3.90. The first-order chi connectivity index (χ1) is 11.0. The summed E-state index contributed by atoms with van der Waals surface area (Å²) in [6.07, 6.45) is 0.630. The van der Waals surface area contributed by atoms with Crippen LogP contribution in [0.4, 0.5) is 0 Å². The zero-order valence-corrected chi connectivity index (χ0v) is 13.7. The summed E-state index contributed by atoms with van der Waals surface area (Å²) in [5.74, 6) is -0.621. The third kappa shape index (κ3) is 5.04. The summed E-state index contributed by atoms with van der Waals surface area (Å²) < 4.78 is 0. The highest BCUT2D eigenvalue weighted by Crippen LogP contribution is 2.23. The molecule has 6 nitrogen and oxygen atoms in total. The molecule has 1 saturated heterocycles. The van der Waals surface area contributed by atoms with Gasteiger partial charge in [-0.15, -0.1) is 0 Å². The van der Waals surface area contributed by atoms with Gasteiger partial charge < -0.3 is 10.0 Å². The van der Waals surface area contributed by atoms with E-state index in [1.54, 1.807) is 4.90 Å². The molecular weight excluding hydrogens is 294 g/mol. The molecule has 1 fully saturated rings. The Labute approximate surface area is 136 Å². The lowest BCUT2D eigenvalue weighted by Crippen LogP contribution is -2.47. The number of nitrogens with zero attached hydrogens (tertiary/aromatic N) is 1. The van der Waals surface area contributed by atoms with Gasteiger partial charge in [0, 0.05) is 19.1 Å². The van der Waals surface area contributed by atoms with E-state index in [2.05, 4.69) is 10.9 Å². The van der Waals surface area contributed by atoms with Crippen LogP contribution in [0.5, 0.6) is 0 Å². The molecule has 1 aliphatic heterocycles. The van der Waals surface area contributed by atoms with Crippen molar-refractivity contribution < 1.29 is 14.7 Å². The molecule has 2 rings (SSSR count). The second kappa shape index (κ2) is 8.08. The molecule has 3 N–H and O–H groups in total. The van der Waals surface area contributed by atoms with Crippen LogP contribution >= 0.6 is 0 Å². The van der Waals surface area contributed by atoms with Gasteiger partial charge in [0.05, 0.1) is 6.42 Å². The predicted molar refractivity (Wildman–Crippen MR) is 87.5 cm³/mol. The molecule has 126 valence electrons. The highest BCUT2D eigenvalue weighted by Gasteiger charge is 2.33. The molecule has 1 aliphatic rings. The first kappa shape index (κ1) is 17.4. The van der Waals surface area contributed by atoms with Crippen LogP contribution in [0.2, 0.25) is 0 Å². The van der Waals surface area contributed by atoms with Gasteiger partial charge in [-0.1, -0.05) is 44.2 Å². The molecule has 2 unspecified atom stereocenters. The van der Waals surface area contributed by atoms with Gasteiger partial charge in [-0.3, -0.25) is 9.59 Å². The smallest absolute Gasteiger partial charge is 0.305 e. The van der Waals surface area contributed by atoms with Gasteiger partial charge in [0.15, 0.2) is 0 Å². The number of carboxylic acid groups (broad SMARTS) is 1. The van der Waals surface area contributed by atoms with Gasteiger partial charge in [0.1, 0.15) is 6.04 Å². The summed E-state index contributed by atoms with van der Waals surface area (Å²) in [4.78, 5) is 25.2. The van der Waals surface area contributed by atoms with Crippen LogP contribution in [0, 0.1) is 5.92 Å². The fraction of sp³-hybridized carbons (Fsp3) is 0.529. The first-order valence-electron chi connectivity index (χ1n) is 8.04. The molecule has 6 heteroatoms. The van der Waals surface area contributed by atoms with Crippen LogP contribution in [0.25, 0.3) is 0 Å². The zero-order valence-electron chi connectivity index (χ0n) is 13.7. The van der Waals surface area contributed by atoms with E-state index in [1.807, 2.05) is 44.2 Å². The normalized spacial score (nSPS) is 20.7. The minimum absolute atomic E-state index is 0.0271. The summed E-state index contributed by atoms with van der Waals surface area (Å²) in [6, 6.07) is 9.74. The standard InChI is InChI=1S/C17H25N3O3/c1-12(2)11-20(9-8-16(21)22)17(23)15-10-14(18-19-15)13-6-4-3-5-7-13/h3-7,12,14-15,18-19H,8-11H2,1-2H3,(H,21,22). The molecule has 1 heterocycles. The Kier molecular flexibility index (Phi) is 6.12. The molecule has 2 atom stereocenters. The minimum Gasteiger partial charge on any atom is -0.481 e. The average molecular weight is 319 g/mol. The number of carboxylic acids is 1. The summed E-state index contributed by atoms with van der Waals surface area (Å²) in [7, 11) is 0. The molecule has 23 heavy (non-hydrogen) atoms. The number of amides is 1. The molecule has 1 aromatic carbocycles. The largest absolute Gasteiger partial charge is 0.481 e. The van der Waals surface area contributed by atoms with Gasteiger partial charge in [0.2, 0.25) is 5.91 Å². The van der Waals surface area contributed by atoms with Gasteiger partial charge in [-0.05, 0) is 17.9 Å². The lowest BCUT2D eigenvalue weighted by Gasteiger charge is -2.26. The maximum atomic E-state index is 12.7. The van der Waals surface area contributed by atoms with Gasteiger partial charge in [-0.25, -0.2) is 10.9 Å². The average Bonchev–Trinajstić information content (AvgIpc) is 3.01. The quantitative estimate of drug-likeness (QED) is 0.710. The van der Waals surface area contributed by atoms with E-state index < -0.39 is 5.97 Å². The van der Waals surface area contributed by atoms with Crippen molar-refractivity contribution in [1.29, 1.82) is 0 Å². The Morgan fingerprint density at radius 1 is 1.26 bits per heavy atom. The molecule has 0 aromatic heterocycles. The molecular formula is C17H25N3O3. The van der Waals surface area contributed by atoms with E-state index in [-0.39, 0.29) is 31.0 Å². The van der Waals surface area contributed by atoms with Crippen LogP contribution in [0.3, 0.4) is 0 Å². The number of carbonyl (C=O) groups excluding carboxylic acids is 1. The Hall–Kier alpha value is -1.92. The Balaban J connectivity index is 1.98. The summed E-state index contributed by atoms with van der Waals surface area (Å²) in [5, 5.41) is 8.87. The number of hydrogen-bond acceptors (Lipinski definition) is 4. The summed E-state index contributed by atoms with van der Waals surface area (Å²) in [6.45, 7) is 4.86. The monoisotopic (exact) mass is 319 g/mol. The molecule has 0 radical (unpaired) electrons. The van der Waals surface area contributed by atoms with Crippen molar-refractivity contribution in [3.8, 4) is 0 Å².